The van der Waals surface area contributed by atoms with E-state index in [4.69, 9.17) is 23.2 Å². The zero-order valence-corrected chi connectivity index (χ0v) is 14.5. The number of rotatable bonds is 4. The van der Waals surface area contributed by atoms with Gasteiger partial charge in [-0.2, -0.15) is 0 Å². The minimum Gasteiger partial charge on any atom is -0.360 e. The smallest absolute Gasteiger partial charge is 0.246 e. The predicted octanol–water partition coefficient (Wildman–Crippen LogP) is 4.22. The van der Waals surface area contributed by atoms with Crippen molar-refractivity contribution in [2.75, 3.05) is 23.8 Å². The molecular formula is C16H16Cl2FN3O. The highest BCUT2D eigenvalue weighted by Gasteiger charge is 2.15. The first-order chi connectivity index (χ1) is 10.8. The van der Waals surface area contributed by atoms with E-state index in [9.17, 15) is 9.18 Å². The van der Waals surface area contributed by atoms with Crippen LogP contribution in [0.4, 0.5) is 15.9 Å². The van der Waals surface area contributed by atoms with Crippen molar-refractivity contribution in [3.05, 3.63) is 51.4 Å². The number of amides is 1. The topological polar surface area (TPSA) is 45.2 Å². The molecule has 0 bridgehead atoms. The number of halogens is 3. The molecule has 0 saturated carbocycles. The quantitative estimate of drug-likeness (QED) is 0.892. The largest absolute Gasteiger partial charge is 0.360 e. The number of aryl methyl sites for hydroxylation is 1. The molecule has 122 valence electrons. The number of likely N-dealkylation sites (N-methyl/N-ethyl adjacent to an activating group) is 1. The Bertz CT molecular complexity index is 735. The number of nitrogens with zero attached hydrogens (tertiary/aromatic N) is 2. The van der Waals surface area contributed by atoms with Crippen LogP contribution in [0.1, 0.15) is 11.3 Å². The van der Waals surface area contributed by atoms with Gasteiger partial charge in [0, 0.05) is 12.7 Å². The van der Waals surface area contributed by atoms with Gasteiger partial charge < -0.3 is 10.2 Å². The molecule has 23 heavy (non-hydrogen) atoms. The van der Waals surface area contributed by atoms with Gasteiger partial charge in [-0.25, -0.2) is 9.37 Å². The van der Waals surface area contributed by atoms with Gasteiger partial charge in [-0.05, 0) is 43.7 Å². The van der Waals surface area contributed by atoms with Crippen LogP contribution in [0.25, 0.3) is 0 Å². The Morgan fingerprint density at radius 3 is 2.43 bits per heavy atom. The molecule has 1 heterocycles. The fourth-order valence-electron chi connectivity index (χ4n) is 2.01. The molecule has 0 aliphatic carbocycles. The first-order valence-electron chi connectivity index (χ1n) is 6.89. The molecule has 7 heteroatoms. The number of hydrogen-bond acceptors (Lipinski definition) is 3. The van der Waals surface area contributed by atoms with E-state index < -0.39 is 0 Å². The molecule has 1 aromatic heterocycles. The van der Waals surface area contributed by atoms with E-state index in [1.807, 2.05) is 0 Å². The Morgan fingerprint density at radius 1 is 1.22 bits per heavy atom. The summed E-state index contributed by atoms with van der Waals surface area (Å²) in [6, 6.07) is 5.68. The molecule has 2 rings (SSSR count). The second-order valence-corrected chi connectivity index (χ2v) is 5.84. The molecule has 2 aromatic rings. The van der Waals surface area contributed by atoms with Crippen molar-refractivity contribution in [2.45, 2.75) is 13.8 Å². The fourth-order valence-corrected chi connectivity index (χ4v) is 2.40. The molecule has 4 nitrogen and oxygen atoms in total. The first-order valence-corrected chi connectivity index (χ1v) is 7.65. The van der Waals surface area contributed by atoms with E-state index in [1.54, 1.807) is 20.9 Å². The predicted molar refractivity (Wildman–Crippen MR) is 92.0 cm³/mol. The van der Waals surface area contributed by atoms with Crippen LogP contribution in [0.3, 0.4) is 0 Å². The lowest BCUT2D eigenvalue weighted by Gasteiger charge is -2.18. The molecule has 1 aromatic carbocycles. The molecule has 0 radical (unpaired) electrons. The van der Waals surface area contributed by atoms with Gasteiger partial charge in [-0.1, -0.05) is 23.2 Å². The maximum Gasteiger partial charge on any atom is 0.246 e. The number of nitrogens with one attached hydrogen (secondary N) is 1. The lowest BCUT2D eigenvalue weighted by Crippen LogP contribution is -2.32. The van der Waals surface area contributed by atoms with Crippen molar-refractivity contribution in [3.63, 3.8) is 0 Å². The van der Waals surface area contributed by atoms with Crippen molar-refractivity contribution >= 4 is 40.6 Å². The summed E-state index contributed by atoms with van der Waals surface area (Å²) in [6.45, 7) is 3.56. The Kier molecular flexibility index (Phi) is 5.44. The number of hydrogen-bond donors (Lipinski definition) is 1. The van der Waals surface area contributed by atoms with E-state index >= 15 is 0 Å². The van der Waals surface area contributed by atoms with Gasteiger partial charge in [0.25, 0.3) is 0 Å². The molecule has 0 unspecified atom stereocenters. The summed E-state index contributed by atoms with van der Waals surface area (Å²) in [5.41, 5.74) is 1.94. The van der Waals surface area contributed by atoms with Crippen LogP contribution in [0.2, 0.25) is 10.0 Å². The van der Waals surface area contributed by atoms with Gasteiger partial charge in [0.15, 0.2) is 0 Å². The standard InChI is InChI=1S/C16H16Cl2FN3O/c1-9-14(17)10(2)21-16(15(9)18)20-8-13(23)22(3)12-6-4-11(19)5-7-12/h4-7H,8H2,1-3H3,(H,20,21). The molecule has 0 atom stereocenters. The van der Waals surface area contributed by atoms with Gasteiger partial charge in [0.1, 0.15) is 11.6 Å². The first kappa shape index (κ1) is 17.5. The molecule has 0 fully saturated rings. The number of pyridine rings is 1. The van der Waals surface area contributed by atoms with Crippen LogP contribution in [0, 0.1) is 19.7 Å². The average Bonchev–Trinajstić information content (AvgIpc) is 2.54. The van der Waals surface area contributed by atoms with Crippen molar-refractivity contribution in [1.29, 1.82) is 0 Å². The third kappa shape index (κ3) is 3.92. The SMILES string of the molecule is Cc1nc(NCC(=O)N(C)c2ccc(F)cc2)c(Cl)c(C)c1Cl. The van der Waals surface area contributed by atoms with E-state index in [2.05, 4.69) is 10.3 Å². The summed E-state index contributed by atoms with van der Waals surface area (Å²) in [4.78, 5) is 17.9. The highest BCUT2D eigenvalue weighted by molar-refractivity contribution is 6.37. The minimum atomic E-state index is -0.351. The highest BCUT2D eigenvalue weighted by Crippen LogP contribution is 2.31. The van der Waals surface area contributed by atoms with Crippen molar-refractivity contribution in [3.8, 4) is 0 Å². The van der Waals surface area contributed by atoms with Gasteiger partial charge in [0.05, 0.1) is 22.3 Å². The second kappa shape index (κ2) is 7.15. The highest BCUT2D eigenvalue weighted by atomic mass is 35.5. The van der Waals surface area contributed by atoms with Gasteiger partial charge in [-0.15, -0.1) is 0 Å². The van der Waals surface area contributed by atoms with Crippen LogP contribution < -0.4 is 10.2 Å². The zero-order chi connectivity index (χ0) is 17.1. The third-order valence-corrected chi connectivity index (χ3v) is 4.48. The van der Waals surface area contributed by atoms with Crippen LogP contribution in [-0.2, 0) is 4.79 Å². The van der Waals surface area contributed by atoms with E-state index in [0.717, 1.165) is 0 Å². The minimum absolute atomic E-state index is 0.00110. The summed E-state index contributed by atoms with van der Waals surface area (Å²) >= 11 is 12.3. The number of anilines is 2. The normalized spacial score (nSPS) is 10.5. The average molecular weight is 356 g/mol. The summed E-state index contributed by atoms with van der Waals surface area (Å²) < 4.78 is 12.9. The number of aromatic nitrogens is 1. The summed E-state index contributed by atoms with van der Waals surface area (Å²) in [5.74, 6) is -0.150. The van der Waals surface area contributed by atoms with E-state index in [1.165, 1.54) is 29.2 Å². The van der Waals surface area contributed by atoms with Crippen LogP contribution in [-0.4, -0.2) is 24.5 Å². The third-order valence-electron chi connectivity index (χ3n) is 3.46. The zero-order valence-electron chi connectivity index (χ0n) is 13.0. The van der Waals surface area contributed by atoms with Crippen LogP contribution in [0.5, 0.6) is 0 Å². The monoisotopic (exact) mass is 355 g/mol. The number of benzene rings is 1. The number of carbonyl (C=O) groups excluding carboxylic acids is 1. The van der Waals surface area contributed by atoms with Crippen LogP contribution in [0.15, 0.2) is 24.3 Å². The molecule has 1 N–H and O–H groups in total. The van der Waals surface area contributed by atoms with E-state index in [-0.39, 0.29) is 18.3 Å². The molecule has 0 aliphatic heterocycles. The van der Waals surface area contributed by atoms with Crippen molar-refractivity contribution in [1.82, 2.24) is 4.98 Å². The Hall–Kier alpha value is -1.85. The van der Waals surface area contributed by atoms with Gasteiger partial charge in [0.2, 0.25) is 5.91 Å². The van der Waals surface area contributed by atoms with Gasteiger partial charge >= 0.3 is 0 Å². The summed E-state index contributed by atoms with van der Waals surface area (Å²) in [7, 11) is 1.62. The second-order valence-electron chi connectivity index (χ2n) is 5.08. The molecule has 0 saturated heterocycles. The Morgan fingerprint density at radius 2 is 1.83 bits per heavy atom. The summed E-state index contributed by atoms with van der Waals surface area (Å²) in [5, 5.41) is 3.81. The summed E-state index contributed by atoms with van der Waals surface area (Å²) in [6.07, 6.45) is 0. The maximum atomic E-state index is 12.9. The Labute approximate surface area is 144 Å². The van der Waals surface area contributed by atoms with Crippen LogP contribution >= 0.6 is 23.2 Å². The fraction of sp³-hybridized carbons (Fsp3) is 0.250. The lowest BCUT2D eigenvalue weighted by atomic mass is 10.2. The maximum absolute atomic E-state index is 12.9. The number of carbonyl (C=O) groups is 1. The molecule has 0 spiro atoms. The van der Waals surface area contributed by atoms with Crippen molar-refractivity contribution < 1.29 is 9.18 Å². The Balaban J connectivity index is 2.09. The molecule has 1 amide bonds. The molecular weight excluding hydrogens is 340 g/mol. The van der Waals surface area contributed by atoms with E-state index in [0.29, 0.717) is 32.8 Å². The van der Waals surface area contributed by atoms with Crippen molar-refractivity contribution in [2.24, 2.45) is 0 Å². The lowest BCUT2D eigenvalue weighted by molar-refractivity contribution is -0.116. The molecule has 0 aliphatic rings. The van der Waals surface area contributed by atoms with Gasteiger partial charge in [-0.3, -0.25) is 4.79 Å².